The minimum atomic E-state index is 0.679. The smallest absolute Gasteiger partial charge is 0.226 e. The molecule has 0 fully saturated rings. The molecule has 0 aliphatic rings. The van der Waals surface area contributed by atoms with E-state index in [0.717, 1.165) is 39.8 Å². The molecule has 0 saturated carbocycles. The fourth-order valence-corrected chi connectivity index (χ4v) is 2.45. The summed E-state index contributed by atoms with van der Waals surface area (Å²) in [5.41, 5.74) is 2.40. The topological polar surface area (TPSA) is 55.6 Å². The van der Waals surface area contributed by atoms with Crippen LogP contribution in [0, 0.1) is 5.21 Å². The Morgan fingerprint density at radius 2 is 2.11 bits per heavy atom. The van der Waals surface area contributed by atoms with Gasteiger partial charge >= 0.3 is 0 Å². The maximum absolute atomic E-state index is 11.9. The number of hydrogen-bond acceptors (Lipinski definition) is 2. The largest absolute Gasteiger partial charge is 0.618 e. The Balaban J connectivity index is 2.09. The quantitative estimate of drug-likeness (QED) is 0.442. The maximum atomic E-state index is 11.9. The minimum absolute atomic E-state index is 0.679. The van der Waals surface area contributed by atoms with Gasteiger partial charge in [-0.1, -0.05) is 31.9 Å². The number of fused-ring (bicyclic) bond motifs is 3. The molecule has 0 aliphatic carbocycles. The fourth-order valence-electron chi connectivity index (χ4n) is 2.45. The van der Waals surface area contributed by atoms with Crippen LogP contribution in [0.1, 0.15) is 32.0 Å². The first kappa shape index (κ1) is 12.0. The number of unbranched alkanes of at least 4 members (excludes halogenated alkanes) is 2. The molecule has 3 rings (SSSR count). The van der Waals surface area contributed by atoms with Crippen LogP contribution in [0.15, 0.2) is 30.5 Å². The third-order valence-electron chi connectivity index (χ3n) is 3.45. The summed E-state index contributed by atoms with van der Waals surface area (Å²) in [6.07, 6.45) is 6.03. The SMILES string of the molecule is CCCCCc1nc2c[n+]([O-])c3ccccc3c2[nH]1. The van der Waals surface area contributed by atoms with Crippen molar-refractivity contribution in [3.63, 3.8) is 0 Å². The monoisotopic (exact) mass is 255 g/mol. The van der Waals surface area contributed by atoms with Crippen LogP contribution < -0.4 is 4.73 Å². The number of aryl methyl sites for hydroxylation is 1. The van der Waals surface area contributed by atoms with Gasteiger partial charge in [-0.25, -0.2) is 4.98 Å². The predicted molar refractivity (Wildman–Crippen MR) is 75.8 cm³/mol. The summed E-state index contributed by atoms with van der Waals surface area (Å²) in [5.74, 6) is 0.972. The van der Waals surface area contributed by atoms with E-state index in [4.69, 9.17) is 0 Å². The van der Waals surface area contributed by atoms with E-state index in [2.05, 4.69) is 16.9 Å². The van der Waals surface area contributed by atoms with Gasteiger partial charge in [0.25, 0.3) is 0 Å². The summed E-state index contributed by atoms with van der Waals surface area (Å²) in [6, 6.07) is 7.61. The first-order chi connectivity index (χ1) is 9.29. The fraction of sp³-hybridized carbons (Fsp3) is 0.333. The number of pyridine rings is 1. The van der Waals surface area contributed by atoms with Crippen LogP contribution in [0.3, 0.4) is 0 Å². The highest BCUT2D eigenvalue weighted by atomic mass is 16.5. The normalized spacial score (nSPS) is 11.4. The molecular weight excluding hydrogens is 238 g/mol. The Labute approximate surface area is 111 Å². The second-order valence-electron chi connectivity index (χ2n) is 4.87. The number of benzene rings is 1. The number of hydrogen-bond donors (Lipinski definition) is 1. The van der Waals surface area contributed by atoms with Gasteiger partial charge in [-0.2, -0.15) is 4.73 Å². The van der Waals surface area contributed by atoms with Crippen LogP contribution in [0.25, 0.3) is 21.9 Å². The van der Waals surface area contributed by atoms with E-state index in [9.17, 15) is 5.21 Å². The van der Waals surface area contributed by atoms with Gasteiger partial charge < -0.3 is 10.2 Å². The number of aromatic nitrogens is 3. The van der Waals surface area contributed by atoms with Crippen molar-refractivity contribution in [3.8, 4) is 0 Å². The molecule has 0 amide bonds. The lowest BCUT2D eigenvalue weighted by atomic mass is 10.2. The lowest BCUT2D eigenvalue weighted by Gasteiger charge is -2.00. The van der Waals surface area contributed by atoms with Crippen LogP contribution in [-0.2, 0) is 6.42 Å². The molecule has 2 heterocycles. The minimum Gasteiger partial charge on any atom is -0.618 e. The van der Waals surface area contributed by atoms with E-state index < -0.39 is 0 Å². The van der Waals surface area contributed by atoms with E-state index >= 15 is 0 Å². The van der Waals surface area contributed by atoms with Gasteiger partial charge in [0.2, 0.25) is 11.7 Å². The lowest BCUT2D eigenvalue weighted by Crippen LogP contribution is -2.26. The average molecular weight is 255 g/mol. The molecular formula is C15H17N3O. The predicted octanol–water partition coefficient (Wildman–Crippen LogP) is 3.08. The number of nitrogens with one attached hydrogen (secondary N) is 1. The van der Waals surface area contributed by atoms with Crippen molar-refractivity contribution in [1.82, 2.24) is 9.97 Å². The van der Waals surface area contributed by atoms with E-state index in [1.165, 1.54) is 12.8 Å². The second kappa shape index (κ2) is 4.88. The molecule has 3 aromatic rings. The maximum Gasteiger partial charge on any atom is 0.226 e. The van der Waals surface area contributed by atoms with Crippen molar-refractivity contribution in [2.75, 3.05) is 0 Å². The molecule has 0 radical (unpaired) electrons. The van der Waals surface area contributed by atoms with Crippen molar-refractivity contribution in [2.45, 2.75) is 32.6 Å². The third-order valence-corrected chi connectivity index (χ3v) is 3.45. The summed E-state index contributed by atoms with van der Waals surface area (Å²) in [5, 5.41) is 12.9. The Morgan fingerprint density at radius 3 is 2.95 bits per heavy atom. The number of para-hydroxylation sites is 1. The van der Waals surface area contributed by atoms with E-state index in [1.54, 1.807) is 6.20 Å². The van der Waals surface area contributed by atoms with Gasteiger partial charge in [0.05, 0.1) is 10.9 Å². The van der Waals surface area contributed by atoms with Gasteiger partial charge in [-0.05, 0) is 12.5 Å². The third kappa shape index (κ3) is 2.14. The van der Waals surface area contributed by atoms with Crippen LogP contribution >= 0.6 is 0 Å². The molecule has 0 unspecified atom stereocenters. The number of imidazole rings is 1. The van der Waals surface area contributed by atoms with Crippen molar-refractivity contribution >= 4 is 21.9 Å². The molecule has 4 heteroatoms. The number of H-pyrrole nitrogens is 1. The van der Waals surface area contributed by atoms with Crippen molar-refractivity contribution in [3.05, 3.63) is 41.5 Å². The molecule has 1 N–H and O–H groups in total. The second-order valence-corrected chi connectivity index (χ2v) is 4.87. The highest BCUT2D eigenvalue weighted by molar-refractivity contribution is 5.99. The molecule has 2 aromatic heterocycles. The average Bonchev–Trinajstić information content (AvgIpc) is 2.82. The molecule has 0 saturated heterocycles. The Morgan fingerprint density at radius 1 is 1.26 bits per heavy atom. The molecule has 1 aromatic carbocycles. The van der Waals surface area contributed by atoms with E-state index in [1.807, 2.05) is 24.3 Å². The molecule has 98 valence electrons. The van der Waals surface area contributed by atoms with Gasteiger partial charge in [0.1, 0.15) is 5.82 Å². The van der Waals surface area contributed by atoms with Gasteiger partial charge in [0.15, 0.2) is 5.52 Å². The molecule has 19 heavy (non-hydrogen) atoms. The van der Waals surface area contributed by atoms with Crippen molar-refractivity contribution in [2.24, 2.45) is 0 Å². The highest BCUT2D eigenvalue weighted by Crippen LogP contribution is 2.20. The number of rotatable bonds is 4. The van der Waals surface area contributed by atoms with Crippen LogP contribution in [0.2, 0.25) is 0 Å². The highest BCUT2D eigenvalue weighted by Gasteiger charge is 2.12. The van der Waals surface area contributed by atoms with Crippen LogP contribution in [0.5, 0.6) is 0 Å². The Hall–Kier alpha value is -2.10. The zero-order valence-electron chi connectivity index (χ0n) is 11.0. The summed E-state index contributed by atoms with van der Waals surface area (Å²) < 4.78 is 0.897. The van der Waals surface area contributed by atoms with Crippen molar-refractivity contribution < 1.29 is 4.73 Å². The van der Waals surface area contributed by atoms with E-state index in [0.29, 0.717) is 5.52 Å². The summed E-state index contributed by atoms with van der Waals surface area (Å²) in [4.78, 5) is 7.88. The zero-order chi connectivity index (χ0) is 13.2. The molecule has 0 aliphatic heterocycles. The summed E-state index contributed by atoms with van der Waals surface area (Å²) in [7, 11) is 0. The standard InChI is InChI=1S/C15H17N3O/c1-2-3-4-9-14-16-12-10-18(19)13-8-6-5-7-11(13)15(12)17-14/h5-8,10H,2-4,9H2,1H3,(H,16,17). The molecule has 0 atom stereocenters. The first-order valence-corrected chi connectivity index (χ1v) is 6.79. The summed E-state index contributed by atoms with van der Waals surface area (Å²) in [6.45, 7) is 2.19. The van der Waals surface area contributed by atoms with Crippen molar-refractivity contribution in [1.29, 1.82) is 0 Å². The van der Waals surface area contributed by atoms with E-state index in [-0.39, 0.29) is 0 Å². The first-order valence-electron chi connectivity index (χ1n) is 6.79. The summed E-state index contributed by atoms with van der Waals surface area (Å²) >= 11 is 0. The van der Waals surface area contributed by atoms with Crippen LogP contribution in [-0.4, -0.2) is 9.97 Å². The zero-order valence-corrected chi connectivity index (χ0v) is 11.0. The number of nitrogens with zero attached hydrogens (tertiary/aromatic N) is 2. The molecule has 0 spiro atoms. The number of aromatic amines is 1. The molecule has 0 bridgehead atoms. The molecule has 4 nitrogen and oxygen atoms in total. The van der Waals surface area contributed by atoms with Gasteiger partial charge in [-0.3, -0.25) is 0 Å². The van der Waals surface area contributed by atoms with Gasteiger partial charge in [-0.15, -0.1) is 0 Å². The Kier molecular flexibility index (Phi) is 3.07. The Bertz CT molecular complexity index is 718. The van der Waals surface area contributed by atoms with Gasteiger partial charge in [0, 0.05) is 12.5 Å². The van der Waals surface area contributed by atoms with Crippen LogP contribution in [0.4, 0.5) is 0 Å². The lowest BCUT2D eigenvalue weighted by molar-refractivity contribution is -0.575.